The number of hydrogen-bond donors (Lipinski definition) is 2. The number of ether oxygens (including phenoxy) is 1. The van der Waals surface area contributed by atoms with E-state index in [2.05, 4.69) is 0 Å². The third-order valence-corrected chi connectivity index (χ3v) is 7.15. The summed E-state index contributed by atoms with van der Waals surface area (Å²) in [4.78, 5) is 27.3. The molecule has 1 amide bonds. The van der Waals surface area contributed by atoms with Crippen molar-refractivity contribution in [1.29, 1.82) is 5.26 Å². The smallest absolute Gasteiger partial charge is 0.240 e. The Balaban J connectivity index is 1.94. The number of carbonyl (C=O) groups excluding carboxylic acids is 1. The first kappa shape index (κ1) is 19.6. The second-order valence-electron chi connectivity index (χ2n) is 7.89. The normalized spacial score (nSPS) is 18.6. The van der Waals surface area contributed by atoms with Crippen molar-refractivity contribution in [2.75, 3.05) is 18.6 Å². The molecule has 1 aliphatic heterocycles. The second-order valence-corrected chi connectivity index (χ2v) is 8.89. The van der Waals surface area contributed by atoms with Gasteiger partial charge in [0.2, 0.25) is 11.3 Å². The Kier molecular flexibility index (Phi) is 4.34. The van der Waals surface area contributed by atoms with Gasteiger partial charge in [-0.3, -0.25) is 9.59 Å². The van der Waals surface area contributed by atoms with Gasteiger partial charge in [-0.15, -0.1) is 11.3 Å². The number of rotatable bonds is 4. The number of anilines is 1. The molecule has 0 bridgehead atoms. The molecular weight excluding hydrogens is 423 g/mol. The molecule has 5 rings (SSSR count). The molecule has 1 saturated heterocycles. The van der Waals surface area contributed by atoms with Gasteiger partial charge in [0.05, 0.1) is 18.0 Å². The van der Waals surface area contributed by atoms with Crippen molar-refractivity contribution >= 4 is 44.1 Å². The number of hydrogen-bond acceptors (Lipinski definition) is 7. The molecule has 0 spiro atoms. The summed E-state index contributed by atoms with van der Waals surface area (Å²) in [6.45, 7) is 0.431. The van der Waals surface area contributed by atoms with Crippen LogP contribution in [0.25, 0.3) is 21.1 Å². The Hall–Kier alpha value is -3.32. The van der Waals surface area contributed by atoms with E-state index >= 15 is 4.39 Å². The van der Waals surface area contributed by atoms with Crippen LogP contribution in [0.4, 0.5) is 10.1 Å². The number of methoxy groups -OCH3 is 1. The lowest BCUT2D eigenvalue weighted by Gasteiger charge is -2.28. The fourth-order valence-electron chi connectivity index (χ4n) is 4.59. The third-order valence-electron chi connectivity index (χ3n) is 6.06. The molecule has 0 radical (unpaired) electrons. The van der Waals surface area contributed by atoms with Crippen LogP contribution in [0.3, 0.4) is 0 Å². The number of amides is 1. The minimum Gasteiger partial charge on any atom is -0.505 e. The van der Waals surface area contributed by atoms with Gasteiger partial charge in [0.1, 0.15) is 32.9 Å². The number of aromatic hydroxyl groups is 1. The van der Waals surface area contributed by atoms with Gasteiger partial charge < -0.3 is 25.0 Å². The summed E-state index contributed by atoms with van der Waals surface area (Å²) in [6, 6.07) is 2.42. The third kappa shape index (κ3) is 2.69. The molecule has 31 heavy (non-hydrogen) atoms. The number of benzene rings is 1. The van der Waals surface area contributed by atoms with Crippen molar-refractivity contribution in [3.63, 3.8) is 0 Å². The summed E-state index contributed by atoms with van der Waals surface area (Å²) in [5.41, 5.74) is 5.49. The van der Waals surface area contributed by atoms with E-state index < -0.39 is 23.2 Å². The van der Waals surface area contributed by atoms with E-state index in [4.69, 9.17) is 10.5 Å². The standard InChI is InChI=1S/C21H19FN4O4S/c1-30-19-15-10(7-11(22)16(19)25-6-2-3-12(25)20(24)29)17(27)14-18(28)13(8-23)31-21(14)26(15)9-4-5-9/h7,9,12,28H,2-6H2,1H3,(H2,24,29)/t12-/m0/s1. The van der Waals surface area contributed by atoms with Crippen molar-refractivity contribution in [2.45, 2.75) is 37.8 Å². The van der Waals surface area contributed by atoms with Gasteiger partial charge >= 0.3 is 0 Å². The van der Waals surface area contributed by atoms with Crippen molar-refractivity contribution < 1.29 is 19.0 Å². The lowest BCUT2D eigenvalue weighted by atomic mass is 10.1. The summed E-state index contributed by atoms with van der Waals surface area (Å²) in [5.74, 6) is -1.47. The fourth-order valence-corrected chi connectivity index (χ4v) is 5.66. The number of halogens is 1. The van der Waals surface area contributed by atoms with Crippen LogP contribution in [0.2, 0.25) is 0 Å². The average molecular weight is 442 g/mol. The molecular formula is C21H19FN4O4S. The molecule has 2 aromatic heterocycles. The zero-order valence-corrected chi connectivity index (χ0v) is 17.5. The van der Waals surface area contributed by atoms with Gasteiger partial charge in [-0.25, -0.2) is 4.39 Å². The number of carbonyl (C=O) groups is 1. The number of fused-ring (bicyclic) bond motifs is 2. The topological polar surface area (TPSA) is 122 Å². The molecule has 3 aromatic rings. The van der Waals surface area contributed by atoms with E-state index in [0.29, 0.717) is 29.7 Å². The molecule has 2 aliphatic rings. The molecule has 8 nitrogen and oxygen atoms in total. The van der Waals surface area contributed by atoms with Crippen LogP contribution in [-0.2, 0) is 4.79 Å². The van der Waals surface area contributed by atoms with Crippen LogP contribution in [0.1, 0.15) is 36.6 Å². The first-order valence-corrected chi connectivity index (χ1v) is 10.8. The lowest BCUT2D eigenvalue weighted by Crippen LogP contribution is -2.41. The van der Waals surface area contributed by atoms with Crippen LogP contribution in [0.5, 0.6) is 11.5 Å². The number of nitrogens with zero attached hydrogens (tertiary/aromatic N) is 3. The maximum Gasteiger partial charge on any atom is 0.240 e. The molecule has 160 valence electrons. The van der Waals surface area contributed by atoms with E-state index in [0.717, 1.165) is 30.2 Å². The quantitative estimate of drug-likeness (QED) is 0.641. The van der Waals surface area contributed by atoms with Crippen LogP contribution in [0.15, 0.2) is 10.9 Å². The summed E-state index contributed by atoms with van der Waals surface area (Å²) in [5, 5.41) is 19.9. The average Bonchev–Trinajstić information content (AvgIpc) is 3.35. The highest BCUT2D eigenvalue weighted by Crippen LogP contribution is 2.48. The number of aromatic nitrogens is 1. The Labute approximate surface area is 179 Å². The van der Waals surface area contributed by atoms with Crippen molar-refractivity contribution in [3.8, 4) is 17.6 Å². The molecule has 2 fully saturated rings. The Morgan fingerprint density at radius 1 is 1.42 bits per heavy atom. The predicted molar refractivity (Wildman–Crippen MR) is 114 cm³/mol. The fraction of sp³-hybridized carbons (Fsp3) is 0.381. The first-order valence-electron chi connectivity index (χ1n) is 9.95. The van der Waals surface area contributed by atoms with Crippen LogP contribution in [-0.4, -0.2) is 35.3 Å². The van der Waals surface area contributed by atoms with Crippen LogP contribution < -0.4 is 20.8 Å². The Bertz CT molecular complexity index is 1370. The van der Waals surface area contributed by atoms with Gasteiger partial charge in [0.25, 0.3) is 0 Å². The predicted octanol–water partition coefficient (Wildman–Crippen LogP) is 2.73. The maximum absolute atomic E-state index is 15.4. The molecule has 1 saturated carbocycles. The van der Waals surface area contributed by atoms with Gasteiger partial charge in [0.15, 0.2) is 17.3 Å². The highest BCUT2D eigenvalue weighted by molar-refractivity contribution is 7.19. The monoisotopic (exact) mass is 442 g/mol. The highest BCUT2D eigenvalue weighted by Gasteiger charge is 2.37. The lowest BCUT2D eigenvalue weighted by molar-refractivity contribution is -0.119. The summed E-state index contributed by atoms with van der Waals surface area (Å²) in [7, 11) is 1.39. The van der Waals surface area contributed by atoms with E-state index in [1.165, 1.54) is 7.11 Å². The van der Waals surface area contributed by atoms with Crippen molar-refractivity contribution in [1.82, 2.24) is 4.57 Å². The number of nitriles is 1. The Morgan fingerprint density at radius 3 is 2.77 bits per heavy atom. The number of primary amides is 1. The molecule has 1 aromatic carbocycles. The van der Waals surface area contributed by atoms with Gasteiger partial charge in [-0.2, -0.15) is 5.26 Å². The first-order chi connectivity index (χ1) is 14.9. The van der Waals surface area contributed by atoms with Gasteiger partial charge in [0, 0.05) is 12.6 Å². The zero-order valence-electron chi connectivity index (χ0n) is 16.6. The molecule has 3 heterocycles. The molecule has 1 aliphatic carbocycles. The van der Waals surface area contributed by atoms with Crippen molar-refractivity contribution in [2.24, 2.45) is 5.73 Å². The maximum atomic E-state index is 15.4. The molecule has 0 unspecified atom stereocenters. The van der Waals surface area contributed by atoms with E-state index in [9.17, 15) is 20.0 Å². The highest BCUT2D eigenvalue weighted by atomic mass is 32.1. The molecule has 3 N–H and O–H groups in total. The van der Waals surface area contributed by atoms with E-state index in [1.54, 1.807) is 4.90 Å². The minimum absolute atomic E-state index is 0.0198. The van der Waals surface area contributed by atoms with Gasteiger partial charge in [-0.05, 0) is 31.7 Å². The summed E-state index contributed by atoms with van der Waals surface area (Å²) in [6.07, 6.45) is 2.87. The largest absolute Gasteiger partial charge is 0.505 e. The SMILES string of the molecule is COc1c(N2CCC[C@H]2C(N)=O)c(F)cc2c(=O)c3c(O)c(C#N)sc3n(C3CC3)c12. The summed E-state index contributed by atoms with van der Waals surface area (Å²) >= 11 is 1.03. The molecule has 1 atom stereocenters. The number of nitrogens with two attached hydrogens (primary N) is 1. The van der Waals surface area contributed by atoms with E-state index in [1.807, 2.05) is 10.6 Å². The number of pyridine rings is 1. The van der Waals surface area contributed by atoms with E-state index in [-0.39, 0.29) is 38.9 Å². The Morgan fingerprint density at radius 2 is 2.16 bits per heavy atom. The van der Waals surface area contributed by atoms with Crippen molar-refractivity contribution in [3.05, 3.63) is 27.0 Å². The van der Waals surface area contributed by atoms with Crippen LogP contribution in [0, 0.1) is 17.1 Å². The van der Waals surface area contributed by atoms with Gasteiger partial charge in [-0.1, -0.05) is 0 Å². The second kappa shape index (κ2) is 6.85. The summed E-state index contributed by atoms with van der Waals surface area (Å²) < 4.78 is 22.9. The number of thiophene rings is 1. The molecule has 10 heteroatoms. The van der Waals surface area contributed by atoms with Crippen LogP contribution >= 0.6 is 11.3 Å². The zero-order chi connectivity index (χ0) is 22.0. The minimum atomic E-state index is -0.702.